The number of hydrogen-bond acceptors (Lipinski definition) is 8. The molecule has 2 aromatic rings. The minimum atomic E-state index is -3.43. The SMILES string of the molecule is CC(C)c1noc(N2CCC(O[NH+]=C3CCN(c4ccc(S(C)(=O)=O)cc4F)CC3)CC2)n1. The van der Waals surface area contributed by atoms with Crippen molar-refractivity contribution >= 4 is 27.3 Å². The summed E-state index contributed by atoms with van der Waals surface area (Å²) in [5.41, 5.74) is 1.51. The van der Waals surface area contributed by atoms with Crippen LogP contribution in [0.4, 0.5) is 16.1 Å². The summed E-state index contributed by atoms with van der Waals surface area (Å²) in [6, 6.07) is 4.67. The van der Waals surface area contributed by atoms with Gasteiger partial charge in [0.15, 0.2) is 21.8 Å². The Labute approximate surface area is 193 Å². The van der Waals surface area contributed by atoms with Crippen LogP contribution in [0.3, 0.4) is 0 Å². The van der Waals surface area contributed by atoms with Gasteiger partial charge in [0.05, 0.1) is 10.6 Å². The monoisotopic (exact) mass is 480 g/mol. The van der Waals surface area contributed by atoms with Crippen molar-refractivity contribution in [1.29, 1.82) is 0 Å². The standard InChI is InChI=1S/C22H30FN5O4S/c1-15(2)21-24-22(32-26-21)28-12-8-17(9-13-28)31-25-16-6-10-27(11-7-16)20-5-4-18(14-19(20)23)33(3,29)30/h4-5,14-15,17H,6-13H2,1-3H3/p+1. The lowest BCUT2D eigenvalue weighted by molar-refractivity contribution is -0.766. The molecule has 0 radical (unpaired) electrons. The first-order valence-corrected chi connectivity index (χ1v) is 13.2. The lowest BCUT2D eigenvalue weighted by Gasteiger charge is -2.29. The zero-order chi connectivity index (χ0) is 23.6. The molecule has 9 nitrogen and oxygen atoms in total. The van der Waals surface area contributed by atoms with Crippen LogP contribution in [0.15, 0.2) is 27.6 Å². The van der Waals surface area contributed by atoms with Gasteiger partial charge in [0, 0.05) is 64.0 Å². The Morgan fingerprint density at radius 3 is 2.42 bits per heavy atom. The number of aromatic nitrogens is 2. The van der Waals surface area contributed by atoms with Crippen LogP contribution in [0.25, 0.3) is 0 Å². The maximum Gasteiger partial charge on any atom is 0.324 e. The molecule has 180 valence electrons. The van der Waals surface area contributed by atoms with Crippen LogP contribution in [-0.2, 0) is 14.7 Å². The number of nitrogens with one attached hydrogen (secondary N) is 1. The molecule has 0 aliphatic carbocycles. The third kappa shape index (κ3) is 5.63. The van der Waals surface area contributed by atoms with Gasteiger partial charge in [0.2, 0.25) is 5.71 Å². The summed E-state index contributed by atoms with van der Waals surface area (Å²) in [5, 5.41) is 7.15. The molecule has 0 bridgehead atoms. The summed E-state index contributed by atoms with van der Waals surface area (Å²) >= 11 is 0. The number of nitrogens with zero attached hydrogens (tertiary/aromatic N) is 4. The fraction of sp³-hybridized carbons (Fsp3) is 0.591. The number of benzene rings is 1. The van der Waals surface area contributed by atoms with Crippen LogP contribution in [0.2, 0.25) is 0 Å². The number of anilines is 2. The number of rotatable bonds is 6. The van der Waals surface area contributed by atoms with Crippen molar-refractivity contribution in [2.45, 2.75) is 56.4 Å². The van der Waals surface area contributed by atoms with Crippen LogP contribution in [-0.4, -0.2) is 62.8 Å². The zero-order valence-electron chi connectivity index (χ0n) is 19.3. The van der Waals surface area contributed by atoms with E-state index in [1.54, 1.807) is 6.07 Å². The van der Waals surface area contributed by atoms with Crippen LogP contribution in [0.5, 0.6) is 0 Å². The molecule has 33 heavy (non-hydrogen) atoms. The molecule has 0 spiro atoms. The highest BCUT2D eigenvalue weighted by Gasteiger charge is 2.27. The molecule has 0 unspecified atom stereocenters. The molecule has 11 heteroatoms. The van der Waals surface area contributed by atoms with Crippen molar-refractivity contribution in [3.05, 3.63) is 29.8 Å². The predicted molar refractivity (Wildman–Crippen MR) is 122 cm³/mol. The smallest absolute Gasteiger partial charge is 0.324 e. The van der Waals surface area contributed by atoms with Gasteiger partial charge in [-0.1, -0.05) is 19.0 Å². The van der Waals surface area contributed by atoms with Crippen molar-refractivity contribution < 1.29 is 27.3 Å². The molecule has 3 heterocycles. The van der Waals surface area contributed by atoms with E-state index in [0.29, 0.717) is 24.8 Å². The van der Waals surface area contributed by atoms with E-state index in [1.165, 1.54) is 6.07 Å². The Morgan fingerprint density at radius 1 is 1.15 bits per heavy atom. The molecule has 2 saturated heterocycles. The Kier molecular flexibility index (Phi) is 6.87. The highest BCUT2D eigenvalue weighted by Crippen LogP contribution is 2.25. The van der Waals surface area contributed by atoms with E-state index in [1.807, 2.05) is 18.7 Å². The largest absolute Gasteiger partial charge is 0.368 e. The topological polar surface area (TPSA) is 103 Å². The molecule has 2 fully saturated rings. The van der Waals surface area contributed by atoms with Gasteiger partial charge >= 0.3 is 6.01 Å². The van der Waals surface area contributed by atoms with E-state index < -0.39 is 15.7 Å². The van der Waals surface area contributed by atoms with Crippen LogP contribution in [0, 0.1) is 5.82 Å². The van der Waals surface area contributed by atoms with Gasteiger partial charge in [-0.3, -0.25) is 4.84 Å². The predicted octanol–water partition coefficient (Wildman–Crippen LogP) is 1.46. The quantitative estimate of drug-likeness (QED) is 0.620. The fourth-order valence-electron chi connectivity index (χ4n) is 4.02. The number of piperidine rings is 2. The molecular formula is C22H31FN5O4S+. The zero-order valence-corrected chi connectivity index (χ0v) is 20.1. The molecule has 1 aromatic heterocycles. The Balaban J connectivity index is 1.25. The average Bonchev–Trinajstić information content (AvgIpc) is 3.29. The maximum atomic E-state index is 14.5. The van der Waals surface area contributed by atoms with Gasteiger partial charge in [0.1, 0.15) is 5.82 Å². The lowest BCUT2D eigenvalue weighted by atomic mass is 10.1. The molecule has 1 N–H and O–H groups in total. The summed E-state index contributed by atoms with van der Waals surface area (Å²) < 4.78 is 43.1. The third-order valence-electron chi connectivity index (χ3n) is 6.08. The van der Waals surface area contributed by atoms with Crippen LogP contribution >= 0.6 is 0 Å². The molecule has 2 aliphatic rings. The minimum absolute atomic E-state index is 0.00595. The van der Waals surface area contributed by atoms with Gasteiger partial charge in [-0.05, 0) is 23.4 Å². The van der Waals surface area contributed by atoms with Crippen molar-refractivity contribution in [3.63, 3.8) is 0 Å². The first kappa shape index (κ1) is 23.5. The second kappa shape index (κ2) is 9.66. The molecule has 0 amide bonds. The fourth-order valence-corrected chi connectivity index (χ4v) is 4.65. The molecule has 1 aromatic carbocycles. The van der Waals surface area contributed by atoms with Crippen molar-refractivity contribution in [3.8, 4) is 0 Å². The van der Waals surface area contributed by atoms with Crippen molar-refractivity contribution in [2.75, 3.05) is 42.2 Å². The van der Waals surface area contributed by atoms with Gasteiger partial charge in [0.25, 0.3) is 0 Å². The Hall–Kier alpha value is -2.69. The second-order valence-electron chi connectivity index (χ2n) is 8.97. The normalized spacial score (nSPS) is 18.2. The first-order valence-electron chi connectivity index (χ1n) is 11.3. The van der Waals surface area contributed by atoms with Crippen LogP contribution < -0.4 is 15.0 Å². The van der Waals surface area contributed by atoms with Gasteiger partial charge in [-0.2, -0.15) is 4.98 Å². The average molecular weight is 481 g/mol. The summed E-state index contributed by atoms with van der Waals surface area (Å²) in [5.74, 6) is 0.442. The van der Waals surface area contributed by atoms with Gasteiger partial charge in [-0.25, -0.2) is 12.8 Å². The number of hydrogen-bond donors (Lipinski definition) is 1. The highest BCUT2D eigenvalue weighted by atomic mass is 32.2. The van der Waals surface area contributed by atoms with Crippen molar-refractivity contribution in [1.82, 2.24) is 10.1 Å². The number of halogens is 1. The lowest BCUT2D eigenvalue weighted by Crippen LogP contribution is -2.75. The van der Waals surface area contributed by atoms with Crippen molar-refractivity contribution in [2.24, 2.45) is 0 Å². The Bertz CT molecular complexity index is 1100. The van der Waals surface area contributed by atoms with E-state index >= 15 is 0 Å². The van der Waals surface area contributed by atoms with E-state index in [-0.39, 0.29) is 16.9 Å². The van der Waals surface area contributed by atoms with E-state index in [9.17, 15) is 12.8 Å². The first-order chi connectivity index (χ1) is 15.7. The van der Waals surface area contributed by atoms with E-state index in [0.717, 1.165) is 62.6 Å². The molecular weight excluding hydrogens is 449 g/mol. The van der Waals surface area contributed by atoms with Crippen LogP contribution in [0.1, 0.15) is 51.3 Å². The molecule has 2 aliphatic heterocycles. The summed E-state index contributed by atoms with van der Waals surface area (Å²) in [4.78, 5) is 14.4. The highest BCUT2D eigenvalue weighted by molar-refractivity contribution is 7.90. The number of sulfone groups is 1. The summed E-state index contributed by atoms with van der Waals surface area (Å²) in [7, 11) is -3.43. The Morgan fingerprint density at radius 2 is 1.85 bits per heavy atom. The molecule has 4 rings (SSSR count). The third-order valence-corrected chi connectivity index (χ3v) is 7.20. The van der Waals surface area contributed by atoms with E-state index in [4.69, 9.17) is 9.36 Å². The molecule has 0 saturated carbocycles. The summed E-state index contributed by atoms with van der Waals surface area (Å²) in [6.07, 6.45) is 4.33. The van der Waals surface area contributed by atoms with E-state index in [2.05, 4.69) is 20.2 Å². The molecule has 0 atom stereocenters. The summed E-state index contributed by atoms with van der Waals surface area (Å²) in [6.45, 7) is 6.92. The minimum Gasteiger partial charge on any atom is -0.368 e. The second-order valence-corrected chi connectivity index (χ2v) is 11.0. The van der Waals surface area contributed by atoms with Gasteiger partial charge < -0.3 is 14.3 Å². The maximum absolute atomic E-state index is 14.5. The van der Waals surface area contributed by atoms with Gasteiger partial charge in [-0.15, -0.1) is 0 Å².